The van der Waals surface area contributed by atoms with Crippen LogP contribution >= 0.6 is 0 Å². The summed E-state index contributed by atoms with van der Waals surface area (Å²) >= 11 is 0. The Balaban J connectivity index is 2.79. The second kappa shape index (κ2) is 4.93. The number of hydrogen-bond donors (Lipinski definition) is 3. The minimum absolute atomic E-state index is 0.169. The summed E-state index contributed by atoms with van der Waals surface area (Å²) in [5.41, 5.74) is 0. The lowest BCUT2D eigenvalue weighted by Gasteiger charge is -2.44. The first kappa shape index (κ1) is 12.4. The van der Waals surface area contributed by atoms with Gasteiger partial charge in [-0.25, -0.2) is 0 Å². The maximum absolute atomic E-state index is 11.3. The average Bonchev–Trinajstić information content (AvgIpc) is 2.28. The molecule has 1 aliphatic carbocycles. The number of carbonyl (C=O) groups is 3. The fourth-order valence-corrected chi connectivity index (χ4v) is 1.87. The standard InChI is InChI=1S/C9H14N2O5/c1-10-8(14)4-6(13)5(9(15)11-2)7(4)16-3-12/h3-7,13H,1-2H3,(H,10,14)(H,11,15). The smallest absolute Gasteiger partial charge is 0.293 e. The van der Waals surface area contributed by atoms with Crippen LogP contribution in [0.3, 0.4) is 0 Å². The van der Waals surface area contributed by atoms with Crippen LogP contribution in [0.25, 0.3) is 0 Å². The Kier molecular flexibility index (Phi) is 3.83. The summed E-state index contributed by atoms with van der Waals surface area (Å²) in [6.07, 6.45) is -2.04. The van der Waals surface area contributed by atoms with Crippen molar-refractivity contribution in [1.82, 2.24) is 10.6 Å². The molecule has 1 aliphatic rings. The number of aliphatic hydroxyl groups is 1. The van der Waals surface area contributed by atoms with E-state index in [-0.39, 0.29) is 6.47 Å². The predicted molar refractivity (Wildman–Crippen MR) is 52.1 cm³/mol. The summed E-state index contributed by atoms with van der Waals surface area (Å²) in [5.74, 6) is -2.70. The molecule has 0 aromatic heterocycles. The maximum atomic E-state index is 11.3. The Labute approximate surface area is 92.1 Å². The Hall–Kier alpha value is -1.63. The van der Waals surface area contributed by atoms with Gasteiger partial charge in [0.25, 0.3) is 6.47 Å². The normalized spacial score (nSPS) is 32.2. The molecule has 0 heterocycles. The summed E-state index contributed by atoms with van der Waals surface area (Å²) in [5, 5.41) is 14.3. The van der Waals surface area contributed by atoms with Gasteiger partial charge < -0.3 is 20.5 Å². The van der Waals surface area contributed by atoms with Crippen LogP contribution in [0.2, 0.25) is 0 Å². The van der Waals surface area contributed by atoms with Crippen LogP contribution in [0.1, 0.15) is 0 Å². The van der Waals surface area contributed by atoms with Gasteiger partial charge in [0.05, 0.1) is 6.10 Å². The first-order chi connectivity index (χ1) is 7.58. The van der Waals surface area contributed by atoms with Crippen molar-refractivity contribution in [2.75, 3.05) is 14.1 Å². The van der Waals surface area contributed by atoms with Crippen LogP contribution in [0.4, 0.5) is 0 Å². The minimum atomic E-state index is -1.13. The number of amides is 2. The highest BCUT2D eigenvalue weighted by Crippen LogP contribution is 2.37. The topological polar surface area (TPSA) is 105 Å². The third-order valence-electron chi connectivity index (χ3n) is 2.75. The summed E-state index contributed by atoms with van der Waals surface area (Å²) in [6.45, 7) is 0.169. The van der Waals surface area contributed by atoms with E-state index in [4.69, 9.17) is 0 Å². The molecule has 1 fully saturated rings. The van der Waals surface area contributed by atoms with Crippen molar-refractivity contribution in [3.8, 4) is 0 Å². The molecule has 90 valence electrons. The highest BCUT2D eigenvalue weighted by Gasteiger charge is 2.58. The fourth-order valence-electron chi connectivity index (χ4n) is 1.87. The molecule has 0 aromatic carbocycles. The predicted octanol–water partition coefficient (Wildman–Crippen LogP) is -2.37. The lowest BCUT2D eigenvalue weighted by molar-refractivity contribution is -0.189. The van der Waals surface area contributed by atoms with Crippen LogP contribution in [-0.2, 0) is 19.1 Å². The number of hydrogen-bond acceptors (Lipinski definition) is 5. The van der Waals surface area contributed by atoms with Gasteiger partial charge in [-0.15, -0.1) is 0 Å². The second-order valence-corrected chi connectivity index (χ2v) is 3.47. The molecule has 1 rings (SSSR count). The van der Waals surface area contributed by atoms with Gasteiger partial charge in [-0.3, -0.25) is 14.4 Å². The first-order valence-corrected chi connectivity index (χ1v) is 4.78. The zero-order valence-electron chi connectivity index (χ0n) is 8.97. The van der Waals surface area contributed by atoms with Crippen LogP contribution < -0.4 is 10.6 Å². The zero-order valence-corrected chi connectivity index (χ0v) is 8.97. The Bertz CT molecular complexity index is 282. The third-order valence-corrected chi connectivity index (χ3v) is 2.75. The molecular weight excluding hydrogens is 216 g/mol. The van der Waals surface area contributed by atoms with E-state index >= 15 is 0 Å². The molecule has 7 heteroatoms. The molecule has 2 amide bonds. The molecule has 0 bridgehead atoms. The van der Waals surface area contributed by atoms with E-state index in [0.717, 1.165) is 0 Å². The second-order valence-electron chi connectivity index (χ2n) is 3.47. The van der Waals surface area contributed by atoms with Crippen LogP contribution in [0.5, 0.6) is 0 Å². The largest absolute Gasteiger partial charge is 0.463 e. The van der Waals surface area contributed by atoms with Crippen molar-refractivity contribution in [2.45, 2.75) is 12.2 Å². The van der Waals surface area contributed by atoms with Crippen molar-refractivity contribution in [3.63, 3.8) is 0 Å². The maximum Gasteiger partial charge on any atom is 0.293 e. The van der Waals surface area contributed by atoms with Crippen molar-refractivity contribution in [3.05, 3.63) is 0 Å². The van der Waals surface area contributed by atoms with Gasteiger partial charge in [-0.05, 0) is 0 Å². The number of aliphatic hydroxyl groups excluding tert-OH is 1. The molecule has 7 nitrogen and oxygen atoms in total. The molecule has 0 aromatic rings. The highest BCUT2D eigenvalue weighted by molar-refractivity contribution is 5.88. The molecule has 3 N–H and O–H groups in total. The van der Waals surface area contributed by atoms with Gasteiger partial charge in [0.1, 0.15) is 17.9 Å². The quantitative estimate of drug-likeness (QED) is 0.468. The van der Waals surface area contributed by atoms with Crippen LogP contribution in [0, 0.1) is 11.8 Å². The van der Waals surface area contributed by atoms with Gasteiger partial charge in [-0.2, -0.15) is 0 Å². The number of nitrogens with one attached hydrogen (secondary N) is 2. The van der Waals surface area contributed by atoms with Gasteiger partial charge in [0.2, 0.25) is 11.8 Å². The SMILES string of the molecule is CNC(=O)C1C(O)C(C(=O)NC)C1OC=O. The van der Waals surface area contributed by atoms with E-state index in [1.54, 1.807) is 0 Å². The summed E-state index contributed by atoms with van der Waals surface area (Å²) in [6, 6.07) is 0. The van der Waals surface area contributed by atoms with E-state index in [1.165, 1.54) is 14.1 Å². The number of rotatable bonds is 4. The molecule has 0 aliphatic heterocycles. The minimum Gasteiger partial charge on any atom is -0.463 e. The molecule has 0 radical (unpaired) electrons. The van der Waals surface area contributed by atoms with E-state index in [1.807, 2.05) is 0 Å². The number of ether oxygens (including phenoxy) is 1. The summed E-state index contributed by atoms with van der Waals surface area (Å²) in [4.78, 5) is 33.0. The van der Waals surface area contributed by atoms with Gasteiger partial charge in [0.15, 0.2) is 0 Å². The monoisotopic (exact) mass is 230 g/mol. The van der Waals surface area contributed by atoms with Crippen molar-refractivity contribution >= 4 is 18.3 Å². The van der Waals surface area contributed by atoms with E-state index in [2.05, 4.69) is 15.4 Å². The zero-order chi connectivity index (χ0) is 12.3. The van der Waals surface area contributed by atoms with E-state index < -0.39 is 35.9 Å². The highest BCUT2D eigenvalue weighted by atomic mass is 16.5. The Morgan fingerprint density at radius 1 is 1.19 bits per heavy atom. The number of carbonyl (C=O) groups excluding carboxylic acids is 3. The lowest BCUT2D eigenvalue weighted by atomic mass is 9.67. The van der Waals surface area contributed by atoms with Crippen molar-refractivity contribution < 1.29 is 24.2 Å². The Morgan fingerprint density at radius 3 is 1.94 bits per heavy atom. The fraction of sp³-hybridized carbons (Fsp3) is 0.667. The molecule has 0 saturated heterocycles. The average molecular weight is 230 g/mol. The summed E-state index contributed by atoms with van der Waals surface area (Å²) < 4.78 is 4.66. The molecule has 0 spiro atoms. The molecule has 2 atom stereocenters. The van der Waals surface area contributed by atoms with Gasteiger partial charge >= 0.3 is 0 Å². The lowest BCUT2D eigenvalue weighted by Crippen LogP contribution is -2.65. The molecular formula is C9H14N2O5. The van der Waals surface area contributed by atoms with E-state index in [9.17, 15) is 19.5 Å². The van der Waals surface area contributed by atoms with E-state index in [0.29, 0.717) is 0 Å². The first-order valence-electron chi connectivity index (χ1n) is 4.78. The molecule has 16 heavy (non-hydrogen) atoms. The van der Waals surface area contributed by atoms with Crippen LogP contribution in [-0.4, -0.2) is 49.7 Å². The molecule has 2 unspecified atom stereocenters. The Morgan fingerprint density at radius 2 is 1.62 bits per heavy atom. The van der Waals surface area contributed by atoms with Crippen molar-refractivity contribution in [1.29, 1.82) is 0 Å². The van der Waals surface area contributed by atoms with Crippen LogP contribution in [0.15, 0.2) is 0 Å². The summed E-state index contributed by atoms with van der Waals surface area (Å²) in [7, 11) is 2.81. The molecule has 1 saturated carbocycles. The van der Waals surface area contributed by atoms with Gasteiger partial charge in [-0.1, -0.05) is 0 Å². The van der Waals surface area contributed by atoms with Gasteiger partial charge in [0, 0.05) is 14.1 Å². The third kappa shape index (κ3) is 1.85. The van der Waals surface area contributed by atoms with Crippen molar-refractivity contribution in [2.24, 2.45) is 11.8 Å².